The van der Waals surface area contributed by atoms with Crippen molar-refractivity contribution >= 4 is 40.7 Å². The molecule has 328 valence electrons. The first-order valence-corrected chi connectivity index (χ1v) is 22.8. The summed E-state index contributed by atoms with van der Waals surface area (Å²) in [6, 6.07) is 13.9. The maximum Gasteiger partial charge on any atom is 0.265 e. The van der Waals surface area contributed by atoms with E-state index in [9.17, 15) is 24.3 Å². The van der Waals surface area contributed by atoms with Crippen LogP contribution >= 0.6 is 11.3 Å². The molecule has 0 spiro atoms. The number of β-amino-alcohol motifs (C(OH)–C–C–N with tert-alkyl or cyclic N) is 1. The number of likely N-dealkylation sites (tertiary alicyclic amines) is 1. The van der Waals surface area contributed by atoms with E-state index in [-0.39, 0.29) is 42.6 Å². The van der Waals surface area contributed by atoms with Gasteiger partial charge >= 0.3 is 0 Å². The molecule has 2 fully saturated rings. The Labute approximate surface area is 361 Å². The van der Waals surface area contributed by atoms with E-state index in [2.05, 4.69) is 43.2 Å². The Hall–Kier alpha value is -4.37. The normalized spacial score (nSPS) is 18.2. The lowest BCUT2D eigenvalue weighted by Crippen LogP contribution is -2.57. The number of piperazine rings is 1. The van der Waals surface area contributed by atoms with Gasteiger partial charge in [-0.05, 0) is 80.5 Å². The van der Waals surface area contributed by atoms with Gasteiger partial charge in [0.05, 0.1) is 28.2 Å². The van der Waals surface area contributed by atoms with E-state index in [4.69, 9.17) is 0 Å². The summed E-state index contributed by atoms with van der Waals surface area (Å²) in [5, 5.41) is 16.7. The number of benzene rings is 2. The third kappa shape index (κ3) is 13.3. The molecule has 2 aromatic carbocycles. The number of aliphatic hydroxyl groups is 1. The van der Waals surface area contributed by atoms with E-state index >= 15 is 0 Å². The molecule has 4 atom stereocenters. The number of hydrazine groups is 1. The number of rotatable bonds is 20. The Kier molecular flexibility index (Phi) is 17.5. The Morgan fingerprint density at radius 3 is 2.20 bits per heavy atom. The van der Waals surface area contributed by atoms with Crippen LogP contribution in [0.5, 0.6) is 0 Å². The van der Waals surface area contributed by atoms with Gasteiger partial charge < -0.3 is 25.5 Å². The average Bonchev–Trinajstić information content (AvgIpc) is 3.85. The van der Waals surface area contributed by atoms with Crippen molar-refractivity contribution < 1.29 is 24.3 Å². The first-order valence-electron chi connectivity index (χ1n) is 21.9. The van der Waals surface area contributed by atoms with Gasteiger partial charge in [0.25, 0.3) is 5.91 Å². The third-order valence-electron chi connectivity index (χ3n) is 11.6. The van der Waals surface area contributed by atoms with E-state index in [0.29, 0.717) is 12.0 Å². The summed E-state index contributed by atoms with van der Waals surface area (Å²) in [7, 11) is 0. The van der Waals surface area contributed by atoms with Gasteiger partial charge in [-0.25, -0.2) is 10.4 Å². The zero-order chi connectivity index (χ0) is 43.2. The number of carbonyl (C=O) groups is 4. The van der Waals surface area contributed by atoms with Crippen LogP contribution in [0.3, 0.4) is 0 Å². The largest absolute Gasteiger partial charge is 0.391 e. The SMILES string of the molecule is CCCNNC(=O)c1ccc(N2CCN(CCCCCCCCC(=O)N[C@H](C(=O)N3C[C@H](O)C[C@H]3C(=O)N[C@@H](C)c3ccc(-c4scnc4C)cc3)C(C)(C)C)CC2)cc1. The van der Waals surface area contributed by atoms with Crippen LogP contribution in [-0.2, 0) is 14.4 Å². The molecular formula is C46H68N8O5S. The van der Waals surface area contributed by atoms with Gasteiger partial charge in [0.2, 0.25) is 17.7 Å². The molecule has 0 bridgehead atoms. The van der Waals surface area contributed by atoms with Gasteiger partial charge in [-0.3, -0.25) is 29.5 Å². The van der Waals surface area contributed by atoms with Gasteiger partial charge in [0, 0.05) is 63.4 Å². The maximum atomic E-state index is 14.1. The predicted octanol–water partition coefficient (Wildman–Crippen LogP) is 5.99. The van der Waals surface area contributed by atoms with E-state index < -0.39 is 23.6 Å². The minimum Gasteiger partial charge on any atom is -0.391 e. The Bertz CT molecular complexity index is 1840. The summed E-state index contributed by atoms with van der Waals surface area (Å²) in [4.78, 5) is 64.9. The van der Waals surface area contributed by atoms with Gasteiger partial charge in [-0.2, -0.15) is 0 Å². The van der Waals surface area contributed by atoms with Crippen molar-refractivity contribution in [2.24, 2.45) is 5.41 Å². The second kappa shape index (κ2) is 22.5. The quantitative estimate of drug-likeness (QED) is 0.0681. The van der Waals surface area contributed by atoms with Crippen molar-refractivity contribution in [1.29, 1.82) is 0 Å². The highest BCUT2D eigenvalue weighted by atomic mass is 32.1. The maximum absolute atomic E-state index is 14.1. The second-order valence-electron chi connectivity index (χ2n) is 17.5. The standard InChI is InChI=1S/C46H68N8O5S/c1-7-23-48-51-43(57)36-19-21-37(22-20-36)53-27-25-52(26-28-53)24-13-11-9-8-10-12-14-40(56)50-42(46(4,5)6)45(59)54-30-38(55)29-39(54)44(58)49-32(2)34-15-17-35(18-16-34)41-33(3)47-31-60-41/h15-22,31-32,38-39,42,48,55H,7-14,23-30H2,1-6H3,(H,49,58)(H,50,56)(H,51,57)/t32-,38+,39-,42+/m0/s1. The van der Waals surface area contributed by atoms with Crippen LogP contribution in [0.15, 0.2) is 54.0 Å². The van der Waals surface area contributed by atoms with E-state index in [1.54, 1.807) is 11.3 Å². The molecule has 5 rings (SSSR count). The minimum atomic E-state index is -0.835. The van der Waals surface area contributed by atoms with Crippen molar-refractivity contribution in [3.8, 4) is 10.4 Å². The summed E-state index contributed by atoms with van der Waals surface area (Å²) in [6.45, 7) is 17.5. The van der Waals surface area contributed by atoms with Crippen LogP contribution in [0.1, 0.15) is 120 Å². The first-order chi connectivity index (χ1) is 28.7. The molecule has 0 unspecified atom stereocenters. The van der Waals surface area contributed by atoms with Crippen LogP contribution in [0, 0.1) is 12.3 Å². The van der Waals surface area contributed by atoms with Gasteiger partial charge in [0.1, 0.15) is 12.1 Å². The second-order valence-corrected chi connectivity index (χ2v) is 18.4. The van der Waals surface area contributed by atoms with Crippen molar-refractivity contribution in [2.45, 2.75) is 124 Å². The fourth-order valence-corrected chi connectivity index (χ4v) is 8.78. The fourth-order valence-electron chi connectivity index (χ4n) is 7.97. The van der Waals surface area contributed by atoms with E-state index in [1.165, 1.54) is 4.90 Å². The molecule has 13 nitrogen and oxygen atoms in total. The van der Waals surface area contributed by atoms with Gasteiger partial charge in [0.15, 0.2) is 0 Å². The number of anilines is 1. The number of hydrogen-bond donors (Lipinski definition) is 5. The number of aryl methyl sites for hydroxylation is 1. The zero-order valence-corrected chi connectivity index (χ0v) is 37.4. The number of nitrogens with zero attached hydrogens (tertiary/aromatic N) is 4. The molecule has 3 aromatic rings. The van der Waals surface area contributed by atoms with Crippen molar-refractivity contribution in [1.82, 2.24) is 36.3 Å². The van der Waals surface area contributed by atoms with E-state index in [0.717, 1.165) is 112 Å². The first kappa shape index (κ1) is 46.7. The number of aliphatic hydroxyl groups excluding tert-OH is 1. The van der Waals surface area contributed by atoms with Crippen LogP contribution in [0.2, 0.25) is 0 Å². The zero-order valence-electron chi connectivity index (χ0n) is 36.6. The molecule has 2 saturated heterocycles. The molecule has 0 aliphatic carbocycles. The van der Waals surface area contributed by atoms with E-state index in [1.807, 2.05) is 88.7 Å². The topological polar surface area (TPSA) is 159 Å². The number of nitrogens with one attached hydrogen (secondary N) is 4. The lowest BCUT2D eigenvalue weighted by molar-refractivity contribution is -0.144. The minimum absolute atomic E-state index is 0.0429. The third-order valence-corrected chi connectivity index (χ3v) is 12.6. The number of thiazole rings is 1. The van der Waals surface area contributed by atoms with Crippen molar-refractivity contribution in [3.63, 3.8) is 0 Å². The molecule has 5 N–H and O–H groups in total. The number of aromatic nitrogens is 1. The number of hydrogen-bond acceptors (Lipinski definition) is 10. The Morgan fingerprint density at radius 1 is 0.900 bits per heavy atom. The highest BCUT2D eigenvalue weighted by Crippen LogP contribution is 2.30. The van der Waals surface area contributed by atoms with Crippen molar-refractivity contribution in [3.05, 3.63) is 70.9 Å². The van der Waals surface area contributed by atoms with Crippen LogP contribution < -0.4 is 26.4 Å². The number of carbonyl (C=O) groups excluding carboxylic acids is 4. The van der Waals surface area contributed by atoms with Gasteiger partial charge in [-0.1, -0.05) is 77.6 Å². The summed E-state index contributed by atoms with van der Waals surface area (Å²) >= 11 is 1.59. The number of unbranched alkanes of at least 4 members (excludes halogenated alkanes) is 5. The molecule has 4 amide bonds. The molecule has 2 aliphatic heterocycles. The molecule has 60 heavy (non-hydrogen) atoms. The lowest BCUT2D eigenvalue weighted by Gasteiger charge is -2.36. The molecule has 1 aromatic heterocycles. The summed E-state index contributed by atoms with van der Waals surface area (Å²) < 4.78 is 0. The monoisotopic (exact) mass is 845 g/mol. The van der Waals surface area contributed by atoms with Crippen LogP contribution in [0.4, 0.5) is 5.69 Å². The summed E-state index contributed by atoms with van der Waals surface area (Å²) in [5.41, 5.74) is 11.7. The Morgan fingerprint density at radius 2 is 1.57 bits per heavy atom. The summed E-state index contributed by atoms with van der Waals surface area (Å²) in [5.74, 6) is -0.955. The average molecular weight is 845 g/mol. The van der Waals surface area contributed by atoms with Gasteiger partial charge in [-0.15, -0.1) is 11.3 Å². The smallest absolute Gasteiger partial charge is 0.265 e. The number of amides is 4. The predicted molar refractivity (Wildman–Crippen MR) is 240 cm³/mol. The molecule has 0 radical (unpaired) electrons. The molecule has 0 saturated carbocycles. The molecule has 3 heterocycles. The molecule has 2 aliphatic rings. The van der Waals surface area contributed by atoms with Crippen LogP contribution in [-0.4, -0.2) is 108 Å². The highest BCUT2D eigenvalue weighted by molar-refractivity contribution is 7.13. The Balaban J connectivity index is 0.978. The fraction of sp³-hybridized carbons (Fsp3) is 0.587. The molecular weight excluding hydrogens is 777 g/mol. The van der Waals surface area contributed by atoms with Crippen molar-refractivity contribution in [2.75, 3.05) is 50.7 Å². The molecule has 14 heteroatoms. The summed E-state index contributed by atoms with van der Waals surface area (Å²) in [6.07, 6.45) is 6.78. The highest BCUT2D eigenvalue weighted by Gasteiger charge is 2.44. The van der Waals surface area contributed by atoms with Crippen LogP contribution in [0.25, 0.3) is 10.4 Å². The lowest BCUT2D eigenvalue weighted by atomic mass is 9.85.